The summed E-state index contributed by atoms with van der Waals surface area (Å²) in [6.45, 7) is 0. The molecule has 4 rings (SSSR count). The molecule has 2 amide bonds. The quantitative estimate of drug-likeness (QED) is 0.602. The van der Waals surface area contributed by atoms with E-state index in [1.165, 1.54) is 12.1 Å². The Morgan fingerprint density at radius 3 is 2.82 bits per heavy atom. The molecule has 3 N–H and O–H groups in total. The summed E-state index contributed by atoms with van der Waals surface area (Å²) < 4.78 is 5.90. The molecular weight excluding hydrogens is 380 g/mol. The smallest absolute Gasteiger partial charge is 0.319 e. The lowest BCUT2D eigenvalue weighted by Gasteiger charge is -2.12. The first-order valence-electron chi connectivity index (χ1n) is 8.60. The predicted molar refractivity (Wildman–Crippen MR) is 105 cm³/mol. The molecule has 1 saturated carbocycles. The summed E-state index contributed by atoms with van der Waals surface area (Å²) >= 11 is 6.27. The van der Waals surface area contributed by atoms with Crippen molar-refractivity contribution >= 4 is 34.2 Å². The van der Waals surface area contributed by atoms with Gasteiger partial charge in [-0.1, -0.05) is 11.6 Å². The molecule has 8 heteroatoms. The summed E-state index contributed by atoms with van der Waals surface area (Å²) in [6.07, 6.45) is 3.54. The fourth-order valence-corrected chi connectivity index (χ4v) is 2.91. The molecular formula is C20H15ClN4O3. The monoisotopic (exact) mass is 394 g/mol. The second kappa shape index (κ2) is 7.25. The van der Waals surface area contributed by atoms with Crippen LogP contribution in [0.2, 0.25) is 5.02 Å². The normalized spacial score (nSPS) is 13.0. The number of phenols is 1. The van der Waals surface area contributed by atoms with Crippen molar-refractivity contribution in [1.82, 2.24) is 10.3 Å². The van der Waals surface area contributed by atoms with Crippen molar-refractivity contribution in [3.8, 4) is 23.3 Å². The van der Waals surface area contributed by atoms with E-state index < -0.39 is 0 Å². The molecule has 0 saturated heterocycles. The fourth-order valence-electron chi connectivity index (χ4n) is 2.69. The Hall–Kier alpha value is -3.50. The third kappa shape index (κ3) is 3.77. The Balaban J connectivity index is 1.58. The molecule has 0 atom stereocenters. The summed E-state index contributed by atoms with van der Waals surface area (Å²) in [5.41, 5.74) is 1.10. The number of carbonyl (C=O) groups is 1. The van der Waals surface area contributed by atoms with Crippen LogP contribution in [0.5, 0.6) is 17.2 Å². The van der Waals surface area contributed by atoms with E-state index in [2.05, 4.69) is 15.6 Å². The van der Waals surface area contributed by atoms with Crippen molar-refractivity contribution in [1.29, 1.82) is 5.26 Å². The molecule has 0 bridgehead atoms. The molecule has 0 spiro atoms. The highest BCUT2D eigenvalue weighted by Crippen LogP contribution is 2.34. The zero-order valence-corrected chi connectivity index (χ0v) is 15.3. The number of nitrogens with zero attached hydrogens (tertiary/aromatic N) is 2. The summed E-state index contributed by atoms with van der Waals surface area (Å²) in [7, 11) is 0. The Morgan fingerprint density at radius 1 is 1.29 bits per heavy atom. The van der Waals surface area contributed by atoms with Gasteiger partial charge in [0.05, 0.1) is 21.8 Å². The average molecular weight is 395 g/mol. The van der Waals surface area contributed by atoms with Gasteiger partial charge < -0.3 is 20.5 Å². The van der Waals surface area contributed by atoms with Crippen LogP contribution in [0.1, 0.15) is 18.4 Å². The minimum atomic E-state index is -0.290. The molecule has 28 heavy (non-hydrogen) atoms. The van der Waals surface area contributed by atoms with Crippen LogP contribution in [-0.2, 0) is 0 Å². The second-order valence-corrected chi connectivity index (χ2v) is 6.83. The third-order valence-corrected chi connectivity index (χ3v) is 4.58. The van der Waals surface area contributed by atoms with E-state index in [-0.39, 0.29) is 23.4 Å². The molecule has 1 fully saturated rings. The first-order chi connectivity index (χ1) is 13.5. The van der Waals surface area contributed by atoms with Crippen molar-refractivity contribution in [2.75, 3.05) is 5.32 Å². The summed E-state index contributed by atoms with van der Waals surface area (Å²) in [4.78, 5) is 16.0. The maximum atomic E-state index is 11.9. The Morgan fingerprint density at radius 2 is 2.11 bits per heavy atom. The van der Waals surface area contributed by atoms with Gasteiger partial charge in [0.2, 0.25) is 0 Å². The predicted octanol–water partition coefficient (Wildman–Crippen LogP) is 4.54. The molecule has 1 aliphatic rings. The van der Waals surface area contributed by atoms with Crippen molar-refractivity contribution < 1.29 is 14.6 Å². The van der Waals surface area contributed by atoms with Crippen molar-refractivity contribution in [2.24, 2.45) is 0 Å². The lowest BCUT2D eigenvalue weighted by molar-refractivity contribution is 0.251. The lowest BCUT2D eigenvalue weighted by atomic mass is 10.1. The number of pyridine rings is 1. The Kier molecular flexibility index (Phi) is 4.63. The van der Waals surface area contributed by atoms with Crippen LogP contribution in [0.25, 0.3) is 10.9 Å². The van der Waals surface area contributed by atoms with Gasteiger partial charge in [-0.3, -0.25) is 4.98 Å². The number of anilines is 1. The van der Waals surface area contributed by atoms with Gasteiger partial charge >= 0.3 is 6.03 Å². The van der Waals surface area contributed by atoms with Crippen LogP contribution >= 0.6 is 11.6 Å². The van der Waals surface area contributed by atoms with Crippen molar-refractivity contribution in [2.45, 2.75) is 18.9 Å². The van der Waals surface area contributed by atoms with Gasteiger partial charge in [-0.05, 0) is 37.1 Å². The lowest BCUT2D eigenvalue weighted by Crippen LogP contribution is -2.30. The molecule has 1 aromatic heterocycles. The third-order valence-electron chi connectivity index (χ3n) is 4.27. The van der Waals surface area contributed by atoms with E-state index in [1.54, 1.807) is 30.5 Å². The van der Waals surface area contributed by atoms with Gasteiger partial charge in [0, 0.05) is 29.8 Å². The highest BCUT2D eigenvalue weighted by Gasteiger charge is 2.23. The van der Waals surface area contributed by atoms with Gasteiger partial charge in [-0.2, -0.15) is 5.26 Å². The number of amides is 2. The number of rotatable bonds is 4. The zero-order valence-electron chi connectivity index (χ0n) is 14.6. The minimum absolute atomic E-state index is 0.129. The first-order valence-corrected chi connectivity index (χ1v) is 8.98. The summed E-state index contributed by atoms with van der Waals surface area (Å²) in [5.74, 6) is 0.782. The van der Waals surface area contributed by atoms with Gasteiger partial charge in [0.1, 0.15) is 23.3 Å². The number of halogens is 1. The summed E-state index contributed by atoms with van der Waals surface area (Å²) in [6, 6.07) is 11.4. The van der Waals surface area contributed by atoms with E-state index in [9.17, 15) is 9.90 Å². The number of aromatic nitrogens is 1. The van der Waals surface area contributed by atoms with E-state index in [0.29, 0.717) is 33.1 Å². The van der Waals surface area contributed by atoms with E-state index in [4.69, 9.17) is 21.6 Å². The first kappa shape index (κ1) is 17.9. The number of nitriles is 1. The number of carbonyl (C=O) groups excluding carboxylic acids is 1. The SMILES string of the molecule is N#Cc1cc2c(Oc3ccc(NC(=O)NC4CC4)c(Cl)c3)ccnc2cc1O. The molecule has 0 unspecified atom stereocenters. The number of benzene rings is 2. The van der Waals surface area contributed by atoms with Crippen LogP contribution < -0.4 is 15.4 Å². The molecule has 1 heterocycles. The molecule has 3 aromatic rings. The number of phenolic OH excluding ortho intramolecular Hbond substituents is 1. The van der Waals surface area contributed by atoms with Crippen LogP contribution in [0.3, 0.4) is 0 Å². The van der Waals surface area contributed by atoms with Crippen molar-refractivity contribution in [3.63, 3.8) is 0 Å². The van der Waals surface area contributed by atoms with E-state index in [1.807, 2.05) is 6.07 Å². The molecule has 2 aromatic carbocycles. The number of hydrogen-bond acceptors (Lipinski definition) is 5. The fraction of sp³-hybridized carbons (Fsp3) is 0.150. The average Bonchev–Trinajstić information content (AvgIpc) is 3.47. The van der Waals surface area contributed by atoms with Gasteiger partial charge in [-0.25, -0.2) is 4.79 Å². The molecule has 7 nitrogen and oxygen atoms in total. The molecule has 140 valence electrons. The highest BCUT2D eigenvalue weighted by atomic mass is 35.5. The van der Waals surface area contributed by atoms with E-state index in [0.717, 1.165) is 12.8 Å². The van der Waals surface area contributed by atoms with Gasteiger partial charge in [0.15, 0.2) is 0 Å². The number of fused-ring (bicyclic) bond motifs is 1. The van der Waals surface area contributed by atoms with Gasteiger partial charge in [-0.15, -0.1) is 0 Å². The van der Waals surface area contributed by atoms with Crippen LogP contribution in [0.4, 0.5) is 10.5 Å². The summed E-state index contributed by atoms with van der Waals surface area (Å²) in [5, 5.41) is 25.4. The molecule has 0 radical (unpaired) electrons. The minimum Gasteiger partial charge on any atom is -0.506 e. The number of urea groups is 1. The number of hydrogen-bond donors (Lipinski definition) is 3. The van der Waals surface area contributed by atoms with Crippen LogP contribution in [0.15, 0.2) is 42.6 Å². The zero-order chi connectivity index (χ0) is 19.7. The number of nitrogens with one attached hydrogen (secondary N) is 2. The van der Waals surface area contributed by atoms with Crippen LogP contribution in [-0.4, -0.2) is 22.2 Å². The van der Waals surface area contributed by atoms with Gasteiger partial charge in [0.25, 0.3) is 0 Å². The Labute approximate surface area is 165 Å². The van der Waals surface area contributed by atoms with Crippen LogP contribution in [0, 0.1) is 11.3 Å². The topological polar surface area (TPSA) is 107 Å². The molecule has 1 aliphatic carbocycles. The number of aromatic hydroxyl groups is 1. The second-order valence-electron chi connectivity index (χ2n) is 6.42. The maximum absolute atomic E-state index is 11.9. The molecule has 0 aliphatic heterocycles. The largest absolute Gasteiger partial charge is 0.506 e. The maximum Gasteiger partial charge on any atom is 0.319 e. The van der Waals surface area contributed by atoms with E-state index >= 15 is 0 Å². The number of ether oxygens (including phenoxy) is 1. The highest BCUT2D eigenvalue weighted by molar-refractivity contribution is 6.33. The Bertz CT molecular complexity index is 1120. The van der Waals surface area contributed by atoms with Crippen molar-refractivity contribution in [3.05, 3.63) is 53.2 Å². The standard InChI is InChI=1S/C20H15ClN4O3/c21-15-8-13(3-4-16(15)25-20(27)24-12-1-2-12)28-19-5-6-23-17-9-18(26)11(10-22)7-14(17)19/h3-9,12,26H,1-2H2,(H2,24,25,27).